The average molecular weight is 895 g/mol. The van der Waals surface area contributed by atoms with Crippen molar-refractivity contribution in [2.24, 2.45) is 0 Å². The maximum absolute atomic E-state index is 5.36. The van der Waals surface area contributed by atoms with Gasteiger partial charge >= 0.3 is 0 Å². The molecule has 6 aromatic carbocycles. The Morgan fingerprint density at radius 3 is 1.22 bits per heavy atom. The maximum Gasteiger partial charge on any atom is 0.0972 e. The molecule has 1 aliphatic rings. The highest BCUT2D eigenvalue weighted by molar-refractivity contribution is 7.13. The second kappa shape index (κ2) is 15.2. The van der Waals surface area contributed by atoms with Crippen molar-refractivity contribution >= 4 is 66.3 Å². The molecule has 318 valence electrons. The third-order valence-electron chi connectivity index (χ3n) is 14.1. The molecule has 0 bridgehead atoms. The zero-order valence-electron chi connectivity index (χ0n) is 37.4. The molecule has 0 N–H and O–H groups in total. The van der Waals surface area contributed by atoms with Crippen LogP contribution in [0.15, 0.2) is 181 Å². The lowest BCUT2D eigenvalue weighted by atomic mass is 9.64. The van der Waals surface area contributed by atoms with Crippen molar-refractivity contribution in [3.8, 4) is 54.5 Å². The van der Waals surface area contributed by atoms with Crippen molar-refractivity contribution in [1.82, 2.24) is 19.9 Å². The minimum Gasteiger partial charge on any atom is -0.254 e. The third-order valence-corrected chi connectivity index (χ3v) is 16.0. The van der Waals surface area contributed by atoms with E-state index in [1.165, 1.54) is 76.5 Å². The Hall–Kier alpha value is -7.64. The average Bonchev–Trinajstić information content (AvgIpc) is 4.17. The van der Waals surface area contributed by atoms with Crippen LogP contribution in [-0.4, -0.2) is 19.9 Å². The Labute approximate surface area is 397 Å². The zero-order chi connectivity index (χ0) is 45.0. The number of aryl methyl sites for hydroxylation is 4. The van der Waals surface area contributed by atoms with E-state index in [1.807, 2.05) is 24.5 Å². The van der Waals surface area contributed by atoms with Crippen LogP contribution >= 0.6 is 22.7 Å². The van der Waals surface area contributed by atoms with Gasteiger partial charge in [0.05, 0.1) is 38.9 Å². The highest BCUT2D eigenvalue weighted by atomic mass is 32.1. The fourth-order valence-electron chi connectivity index (χ4n) is 11.0. The number of aromatic nitrogens is 4. The van der Waals surface area contributed by atoms with E-state index in [-0.39, 0.29) is 0 Å². The van der Waals surface area contributed by atoms with Gasteiger partial charge in [-0.2, -0.15) is 0 Å². The summed E-state index contributed by atoms with van der Waals surface area (Å²) in [7, 11) is 0. The van der Waals surface area contributed by atoms with Crippen molar-refractivity contribution in [3.05, 3.63) is 225 Å². The van der Waals surface area contributed by atoms with Crippen LogP contribution in [-0.2, 0) is 5.41 Å². The van der Waals surface area contributed by atoms with Gasteiger partial charge in [0.15, 0.2) is 0 Å². The summed E-state index contributed by atoms with van der Waals surface area (Å²) in [5, 5.41) is 8.70. The van der Waals surface area contributed by atoms with Crippen molar-refractivity contribution in [3.63, 3.8) is 0 Å². The van der Waals surface area contributed by atoms with Crippen LogP contribution in [0, 0.1) is 27.7 Å². The largest absolute Gasteiger partial charge is 0.254 e. The molecule has 0 radical (unpaired) electrons. The highest BCUT2D eigenvalue weighted by Crippen LogP contribution is 2.59. The summed E-state index contributed by atoms with van der Waals surface area (Å²) < 4.78 is 0. The van der Waals surface area contributed by atoms with Gasteiger partial charge in [-0.05, 0) is 166 Å². The predicted octanol–water partition coefficient (Wildman–Crippen LogP) is 16.3. The summed E-state index contributed by atoms with van der Waals surface area (Å²) in [4.78, 5) is 22.8. The lowest BCUT2D eigenvalue weighted by Crippen LogP contribution is -2.31. The summed E-state index contributed by atoms with van der Waals surface area (Å²) in [6.45, 7) is 9.11. The van der Waals surface area contributed by atoms with E-state index in [0.717, 1.165) is 66.1 Å². The standard InChI is InChI=1S/C61H42N4S2/c1-35-31-49(37(3)29-47(35)53-23-19-41-15-13-39-9-5-25-62-57(39)59(41)64-53)61(50-32-36(2)48(30-38(50)4)54-24-20-42-16-14-40-10-6-26-63-58(40)60(42)65-54)51-33-43(55-11-7-27-66-55)17-21-45(51)46-22-18-44(34-52(46)61)56-12-8-28-67-56/h5-34H,1-4H3. The van der Waals surface area contributed by atoms with Crippen LogP contribution in [0.1, 0.15) is 44.5 Å². The van der Waals surface area contributed by atoms with E-state index in [0.29, 0.717) is 0 Å². The van der Waals surface area contributed by atoms with Crippen LogP contribution < -0.4 is 0 Å². The number of nitrogens with zero attached hydrogens (tertiary/aromatic N) is 4. The van der Waals surface area contributed by atoms with Gasteiger partial charge in [-0.1, -0.05) is 97.1 Å². The lowest BCUT2D eigenvalue weighted by molar-refractivity contribution is 0.752. The van der Waals surface area contributed by atoms with E-state index >= 15 is 0 Å². The number of hydrogen-bond acceptors (Lipinski definition) is 6. The minimum atomic E-state index is -0.681. The minimum absolute atomic E-state index is 0.681. The Bertz CT molecular complexity index is 3720. The first-order chi connectivity index (χ1) is 32.8. The Morgan fingerprint density at radius 1 is 0.358 bits per heavy atom. The van der Waals surface area contributed by atoms with Gasteiger partial charge in [0, 0.05) is 54.8 Å². The molecule has 12 aromatic rings. The molecule has 6 aromatic heterocycles. The SMILES string of the molecule is Cc1cc(C2(c3cc(C)c(-c4ccc5ccc6cccnc6c5n4)cc3C)c3cc(-c4cccs4)ccc3-c3ccc(-c4cccs4)cc32)c(C)cc1-c1ccc2ccc3cccnc3c2n1. The molecule has 0 amide bonds. The van der Waals surface area contributed by atoms with Crippen LogP contribution in [0.2, 0.25) is 0 Å². The van der Waals surface area contributed by atoms with E-state index in [2.05, 4.69) is 184 Å². The molecule has 13 rings (SSSR count). The molecule has 0 unspecified atom stereocenters. The van der Waals surface area contributed by atoms with E-state index < -0.39 is 5.41 Å². The number of thiophene rings is 2. The van der Waals surface area contributed by atoms with Gasteiger partial charge in [-0.25, -0.2) is 9.97 Å². The maximum atomic E-state index is 5.36. The normalized spacial score (nSPS) is 12.9. The summed E-state index contributed by atoms with van der Waals surface area (Å²) in [5.74, 6) is 0. The first kappa shape index (κ1) is 39.7. The number of benzene rings is 6. The zero-order valence-corrected chi connectivity index (χ0v) is 39.1. The smallest absolute Gasteiger partial charge is 0.0972 e. The second-order valence-electron chi connectivity index (χ2n) is 18.0. The van der Waals surface area contributed by atoms with Gasteiger partial charge in [-0.15, -0.1) is 22.7 Å². The molecule has 6 heterocycles. The molecule has 0 atom stereocenters. The Kier molecular flexibility index (Phi) is 9.01. The Morgan fingerprint density at radius 2 is 0.791 bits per heavy atom. The molecule has 4 nitrogen and oxygen atoms in total. The topological polar surface area (TPSA) is 51.6 Å². The fraction of sp³-hybridized carbons (Fsp3) is 0.0820. The molecule has 6 heteroatoms. The number of pyridine rings is 4. The summed E-state index contributed by atoms with van der Waals surface area (Å²) in [6, 6.07) is 58.3. The fourth-order valence-corrected chi connectivity index (χ4v) is 12.4. The van der Waals surface area contributed by atoms with Crippen molar-refractivity contribution in [1.29, 1.82) is 0 Å². The molecule has 67 heavy (non-hydrogen) atoms. The molecular formula is C61H42N4S2. The van der Waals surface area contributed by atoms with Crippen LogP contribution in [0.3, 0.4) is 0 Å². The molecular weight excluding hydrogens is 853 g/mol. The highest BCUT2D eigenvalue weighted by Gasteiger charge is 2.48. The van der Waals surface area contributed by atoms with Crippen LogP contribution in [0.25, 0.3) is 98.1 Å². The first-order valence-corrected chi connectivity index (χ1v) is 24.5. The monoisotopic (exact) mass is 894 g/mol. The molecule has 0 saturated carbocycles. The lowest BCUT2D eigenvalue weighted by Gasteiger charge is -2.37. The molecule has 0 aliphatic heterocycles. The molecule has 0 spiro atoms. The Balaban J connectivity index is 1.09. The quantitative estimate of drug-likeness (QED) is 0.156. The van der Waals surface area contributed by atoms with Crippen molar-refractivity contribution in [2.45, 2.75) is 33.1 Å². The number of hydrogen-bond donors (Lipinski definition) is 0. The van der Waals surface area contributed by atoms with Crippen molar-refractivity contribution < 1.29 is 0 Å². The van der Waals surface area contributed by atoms with Crippen LogP contribution in [0.5, 0.6) is 0 Å². The van der Waals surface area contributed by atoms with Crippen molar-refractivity contribution in [2.75, 3.05) is 0 Å². The summed E-state index contributed by atoms with van der Waals surface area (Å²) in [6.07, 6.45) is 3.72. The van der Waals surface area contributed by atoms with E-state index in [9.17, 15) is 0 Å². The van der Waals surface area contributed by atoms with Gasteiger partial charge in [0.2, 0.25) is 0 Å². The third kappa shape index (κ3) is 6.10. The first-order valence-electron chi connectivity index (χ1n) is 22.7. The second-order valence-corrected chi connectivity index (χ2v) is 19.9. The van der Waals surface area contributed by atoms with Gasteiger partial charge in [0.1, 0.15) is 0 Å². The van der Waals surface area contributed by atoms with Gasteiger partial charge < -0.3 is 0 Å². The number of fused-ring (bicyclic) bond motifs is 9. The molecule has 0 fully saturated rings. The van der Waals surface area contributed by atoms with E-state index in [4.69, 9.17) is 19.9 Å². The summed E-state index contributed by atoms with van der Waals surface area (Å²) in [5.41, 5.74) is 22.0. The van der Waals surface area contributed by atoms with Gasteiger partial charge in [0.25, 0.3) is 0 Å². The number of rotatable bonds is 6. The predicted molar refractivity (Wildman–Crippen MR) is 281 cm³/mol. The van der Waals surface area contributed by atoms with Crippen LogP contribution in [0.4, 0.5) is 0 Å². The molecule has 1 aliphatic carbocycles. The summed E-state index contributed by atoms with van der Waals surface area (Å²) >= 11 is 3.58. The van der Waals surface area contributed by atoms with Gasteiger partial charge in [-0.3, -0.25) is 9.97 Å². The molecule has 0 saturated heterocycles. The van der Waals surface area contributed by atoms with E-state index in [1.54, 1.807) is 22.7 Å².